The van der Waals surface area contributed by atoms with Crippen LogP contribution in [0.15, 0.2) is 10.9 Å². The normalized spacial score (nSPS) is 11.7. The Kier molecular flexibility index (Phi) is 2.62. The van der Waals surface area contributed by atoms with E-state index >= 15 is 0 Å². The highest BCUT2D eigenvalue weighted by Crippen LogP contribution is 2.14. The van der Waals surface area contributed by atoms with Crippen molar-refractivity contribution in [3.63, 3.8) is 0 Å². The number of carbonyl (C=O) groups is 1. The van der Waals surface area contributed by atoms with Crippen LogP contribution in [-0.2, 0) is 6.54 Å². The van der Waals surface area contributed by atoms with E-state index in [0.717, 1.165) is 4.68 Å². The first-order valence-electron chi connectivity index (χ1n) is 4.42. The van der Waals surface area contributed by atoms with Crippen molar-refractivity contribution in [1.82, 2.24) is 9.78 Å². The molecular weight excluding hydrogens is 182 g/mol. The number of aromatic nitrogens is 2. The second-order valence-corrected chi connectivity index (χ2v) is 4.21. The van der Waals surface area contributed by atoms with Gasteiger partial charge in [0, 0.05) is 18.0 Å². The number of rotatable bonds is 1. The van der Waals surface area contributed by atoms with Crippen LogP contribution in [0.25, 0.3) is 0 Å². The van der Waals surface area contributed by atoms with E-state index in [1.54, 1.807) is 20.8 Å². The van der Waals surface area contributed by atoms with Crippen LogP contribution in [0, 0.1) is 5.41 Å². The van der Waals surface area contributed by atoms with E-state index in [-0.39, 0.29) is 18.0 Å². The quantitative estimate of drug-likeness (QED) is 0.680. The van der Waals surface area contributed by atoms with E-state index in [9.17, 15) is 9.59 Å². The molecule has 0 aliphatic heterocycles. The predicted octanol–water partition coefficient (Wildman–Crippen LogP) is 0.321. The average molecular weight is 197 g/mol. The molecule has 0 bridgehead atoms. The molecule has 0 atom stereocenters. The molecule has 1 aromatic rings. The Balaban J connectivity index is 3.14. The monoisotopic (exact) mass is 197 g/mol. The molecule has 0 aromatic carbocycles. The third kappa shape index (κ3) is 1.93. The van der Waals surface area contributed by atoms with Gasteiger partial charge in [0.05, 0.1) is 5.69 Å². The van der Waals surface area contributed by atoms with E-state index in [1.165, 1.54) is 6.07 Å². The van der Waals surface area contributed by atoms with Gasteiger partial charge in [0.1, 0.15) is 0 Å². The number of hydrogen-bond donors (Lipinski definition) is 2. The van der Waals surface area contributed by atoms with E-state index in [2.05, 4.69) is 5.10 Å². The van der Waals surface area contributed by atoms with Crippen molar-refractivity contribution in [2.75, 3.05) is 0 Å². The summed E-state index contributed by atoms with van der Waals surface area (Å²) < 4.78 is 1.00. The van der Waals surface area contributed by atoms with E-state index < -0.39 is 5.41 Å². The summed E-state index contributed by atoms with van der Waals surface area (Å²) in [7, 11) is 0. The number of H-pyrrole nitrogens is 1. The first-order chi connectivity index (χ1) is 6.36. The largest absolute Gasteiger partial charge is 0.325 e. The summed E-state index contributed by atoms with van der Waals surface area (Å²) in [5.41, 5.74) is 4.97. The maximum Gasteiger partial charge on any atom is 0.274 e. The van der Waals surface area contributed by atoms with Gasteiger partial charge in [0.25, 0.3) is 11.5 Å². The highest BCUT2D eigenvalue weighted by molar-refractivity contribution is 5.83. The van der Waals surface area contributed by atoms with Crippen LogP contribution in [0.2, 0.25) is 0 Å². The lowest BCUT2D eigenvalue weighted by atomic mass is 9.96. The van der Waals surface area contributed by atoms with Crippen molar-refractivity contribution in [3.05, 3.63) is 22.1 Å². The topological polar surface area (TPSA) is 80.9 Å². The highest BCUT2D eigenvalue weighted by Gasteiger charge is 2.25. The van der Waals surface area contributed by atoms with Gasteiger partial charge in [-0.15, -0.1) is 0 Å². The molecule has 0 saturated carbocycles. The second-order valence-electron chi connectivity index (χ2n) is 4.21. The Hall–Kier alpha value is -1.36. The van der Waals surface area contributed by atoms with Gasteiger partial charge in [0.15, 0.2) is 0 Å². The van der Waals surface area contributed by atoms with Gasteiger partial charge < -0.3 is 5.73 Å². The maximum absolute atomic E-state index is 11.7. The molecule has 0 aliphatic rings. The summed E-state index contributed by atoms with van der Waals surface area (Å²) in [6, 6.07) is 1.34. The molecule has 0 fully saturated rings. The van der Waals surface area contributed by atoms with Crippen LogP contribution in [-0.4, -0.2) is 15.7 Å². The molecule has 5 nitrogen and oxygen atoms in total. The van der Waals surface area contributed by atoms with Crippen LogP contribution in [0.1, 0.15) is 31.3 Å². The van der Waals surface area contributed by atoms with Gasteiger partial charge in [0.2, 0.25) is 0 Å². The van der Waals surface area contributed by atoms with Gasteiger partial charge in [-0.1, -0.05) is 20.8 Å². The lowest BCUT2D eigenvalue weighted by Gasteiger charge is -2.15. The fourth-order valence-electron chi connectivity index (χ4n) is 1.04. The lowest BCUT2D eigenvalue weighted by molar-refractivity contribution is 0.0744. The average Bonchev–Trinajstić information content (AvgIpc) is 2.43. The molecule has 1 aromatic heterocycles. The molecule has 3 N–H and O–H groups in total. The molecule has 5 heteroatoms. The van der Waals surface area contributed by atoms with Crippen LogP contribution < -0.4 is 11.3 Å². The fourth-order valence-corrected chi connectivity index (χ4v) is 1.04. The third-order valence-corrected chi connectivity index (χ3v) is 1.84. The Labute approximate surface area is 81.9 Å². The second kappa shape index (κ2) is 3.42. The van der Waals surface area contributed by atoms with Crippen molar-refractivity contribution in [2.24, 2.45) is 11.1 Å². The van der Waals surface area contributed by atoms with Crippen molar-refractivity contribution in [1.29, 1.82) is 0 Å². The van der Waals surface area contributed by atoms with Crippen LogP contribution >= 0.6 is 0 Å². The number of nitrogens with two attached hydrogens (primary N) is 1. The summed E-state index contributed by atoms with van der Waals surface area (Å²) in [5, 5.41) is 2.67. The molecule has 14 heavy (non-hydrogen) atoms. The molecule has 0 spiro atoms. The summed E-state index contributed by atoms with van der Waals surface area (Å²) in [4.78, 5) is 23.0. The number of aromatic amines is 1. The molecule has 0 radical (unpaired) electrons. The van der Waals surface area contributed by atoms with Gasteiger partial charge >= 0.3 is 0 Å². The summed E-state index contributed by atoms with van der Waals surface area (Å²) in [6.07, 6.45) is 0. The van der Waals surface area contributed by atoms with Gasteiger partial charge in [-0.2, -0.15) is 4.68 Å². The summed E-state index contributed by atoms with van der Waals surface area (Å²) in [5.74, 6) is -0.262. The Morgan fingerprint density at radius 2 is 2.14 bits per heavy atom. The first kappa shape index (κ1) is 10.7. The lowest BCUT2D eigenvalue weighted by Crippen LogP contribution is -2.34. The van der Waals surface area contributed by atoms with Gasteiger partial charge in [-0.25, -0.2) is 0 Å². The third-order valence-electron chi connectivity index (χ3n) is 1.84. The molecule has 0 saturated heterocycles. The SMILES string of the molecule is CC(C)(C)C(=O)n1[nH]c(CN)cc1=O. The molecule has 0 amide bonds. The molecule has 0 aliphatic carbocycles. The number of carbonyl (C=O) groups excluding carboxylic acids is 1. The van der Waals surface area contributed by atoms with Crippen LogP contribution in [0.4, 0.5) is 0 Å². The van der Waals surface area contributed by atoms with Crippen LogP contribution in [0.3, 0.4) is 0 Å². The van der Waals surface area contributed by atoms with E-state index in [0.29, 0.717) is 5.69 Å². The molecular formula is C9H15N3O2. The minimum Gasteiger partial charge on any atom is -0.325 e. The molecule has 78 valence electrons. The van der Waals surface area contributed by atoms with Gasteiger partial charge in [-0.05, 0) is 0 Å². The molecule has 0 unspecified atom stereocenters. The first-order valence-corrected chi connectivity index (χ1v) is 4.42. The smallest absolute Gasteiger partial charge is 0.274 e. The summed E-state index contributed by atoms with van der Waals surface area (Å²) >= 11 is 0. The molecule has 1 rings (SSSR count). The van der Waals surface area contributed by atoms with E-state index in [4.69, 9.17) is 5.73 Å². The van der Waals surface area contributed by atoms with Crippen LogP contribution in [0.5, 0.6) is 0 Å². The zero-order chi connectivity index (χ0) is 10.9. The highest BCUT2D eigenvalue weighted by atomic mass is 16.2. The molecule has 1 heterocycles. The standard InChI is InChI=1S/C9H15N3O2/c1-9(2,3)8(14)12-7(13)4-6(5-10)11-12/h4,11H,5,10H2,1-3H3. The maximum atomic E-state index is 11.7. The Morgan fingerprint density at radius 3 is 2.50 bits per heavy atom. The Morgan fingerprint density at radius 1 is 1.57 bits per heavy atom. The van der Waals surface area contributed by atoms with E-state index in [1.807, 2.05) is 0 Å². The zero-order valence-electron chi connectivity index (χ0n) is 8.63. The van der Waals surface area contributed by atoms with Crippen molar-refractivity contribution in [3.8, 4) is 0 Å². The van der Waals surface area contributed by atoms with Crippen molar-refractivity contribution >= 4 is 5.91 Å². The van der Waals surface area contributed by atoms with Gasteiger partial charge in [-0.3, -0.25) is 14.7 Å². The fraction of sp³-hybridized carbons (Fsp3) is 0.556. The van der Waals surface area contributed by atoms with Crippen molar-refractivity contribution < 1.29 is 4.79 Å². The minimum absolute atomic E-state index is 0.222. The number of hydrogen-bond acceptors (Lipinski definition) is 3. The Bertz CT molecular complexity index is 395. The predicted molar refractivity (Wildman–Crippen MR) is 53.0 cm³/mol. The minimum atomic E-state index is -0.583. The van der Waals surface area contributed by atoms with Crippen molar-refractivity contribution in [2.45, 2.75) is 27.3 Å². The summed E-state index contributed by atoms with van der Waals surface area (Å²) in [6.45, 7) is 5.49. The number of nitrogens with one attached hydrogen (secondary N) is 1. The number of nitrogens with zero attached hydrogens (tertiary/aromatic N) is 1. The zero-order valence-corrected chi connectivity index (χ0v) is 8.63.